The van der Waals surface area contributed by atoms with Gasteiger partial charge in [0.2, 0.25) is 0 Å². The van der Waals surface area contributed by atoms with E-state index >= 15 is 0 Å². The van der Waals surface area contributed by atoms with Crippen molar-refractivity contribution in [3.63, 3.8) is 0 Å². The summed E-state index contributed by atoms with van der Waals surface area (Å²) in [6.45, 7) is 5.01. The maximum atomic E-state index is 5.59. The minimum Gasteiger partial charge on any atom is -0.497 e. The van der Waals surface area contributed by atoms with E-state index in [4.69, 9.17) is 14.2 Å². The fourth-order valence-electron chi connectivity index (χ4n) is 2.69. The average molecular weight is 279 g/mol. The summed E-state index contributed by atoms with van der Waals surface area (Å²) in [6, 6.07) is 6.67. The summed E-state index contributed by atoms with van der Waals surface area (Å²) < 4.78 is 16.3. The molecule has 0 heterocycles. The van der Waals surface area contributed by atoms with Gasteiger partial charge in [-0.2, -0.15) is 0 Å². The van der Waals surface area contributed by atoms with Crippen LogP contribution in [0, 0.1) is 0 Å². The van der Waals surface area contributed by atoms with Gasteiger partial charge in [-0.15, -0.1) is 0 Å². The van der Waals surface area contributed by atoms with Gasteiger partial charge in [-0.25, -0.2) is 0 Å². The molecular formula is C16H25NO3. The Morgan fingerprint density at radius 1 is 1.25 bits per heavy atom. The van der Waals surface area contributed by atoms with Gasteiger partial charge >= 0.3 is 0 Å². The number of benzene rings is 1. The zero-order valence-electron chi connectivity index (χ0n) is 12.8. The van der Waals surface area contributed by atoms with Gasteiger partial charge in [-0.3, -0.25) is 0 Å². The Kier molecular flexibility index (Phi) is 5.26. The number of methoxy groups -OCH3 is 2. The summed E-state index contributed by atoms with van der Waals surface area (Å²) in [5.74, 6) is 1.75. The van der Waals surface area contributed by atoms with Gasteiger partial charge in [0.15, 0.2) is 0 Å². The number of hydrogen-bond donors (Lipinski definition) is 1. The van der Waals surface area contributed by atoms with Crippen LogP contribution in [0.5, 0.6) is 11.5 Å². The van der Waals surface area contributed by atoms with Gasteiger partial charge in [0.05, 0.1) is 20.3 Å². The molecule has 1 aliphatic carbocycles. The second-order valence-electron chi connectivity index (χ2n) is 5.24. The molecule has 0 radical (unpaired) electrons. The Morgan fingerprint density at radius 3 is 2.60 bits per heavy atom. The van der Waals surface area contributed by atoms with Crippen LogP contribution in [0.15, 0.2) is 18.2 Å². The topological polar surface area (TPSA) is 39.7 Å². The standard InChI is InChI=1S/C16H25NO3/c1-5-20-14-8-12(9-14)17-11(2)15-10-13(18-3)6-7-16(15)19-4/h6-7,10-12,14,17H,5,8-9H2,1-4H3. The first-order valence-electron chi connectivity index (χ1n) is 7.27. The zero-order valence-corrected chi connectivity index (χ0v) is 12.8. The molecule has 1 aromatic rings. The van der Waals surface area contributed by atoms with Crippen LogP contribution in [0.2, 0.25) is 0 Å². The summed E-state index contributed by atoms with van der Waals surface area (Å²) in [4.78, 5) is 0. The number of hydrogen-bond acceptors (Lipinski definition) is 4. The molecule has 1 aliphatic rings. The fourth-order valence-corrected chi connectivity index (χ4v) is 2.69. The molecule has 20 heavy (non-hydrogen) atoms. The molecule has 1 aromatic carbocycles. The van der Waals surface area contributed by atoms with Gasteiger partial charge in [0.25, 0.3) is 0 Å². The molecule has 4 nitrogen and oxygen atoms in total. The van der Waals surface area contributed by atoms with Gasteiger partial charge < -0.3 is 19.5 Å². The highest BCUT2D eigenvalue weighted by molar-refractivity contribution is 5.42. The molecular weight excluding hydrogens is 254 g/mol. The number of nitrogens with one attached hydrogen (secondary N) is 1. The highest BCUT2D eigenvalue weighted by atomic mass is 16.5. The van der Waals surface area contributed by atoms with E-state index in [0.29, 0.717) is 12.1 Å². The quantitative estimate of drug-likeness (QED) is 0.833. The van der Waals surface area contributed by atoms with Crippen molar-refractivity contribution >= 4 is 0 Å². The van der Waals surface area contributed by atoms with Gasteiger partial charge in [-0.1, -0.05) is 0 Å². The highest BCUT2D eigenvalue weighted by Gasteiger charge is 2.30. The minimum absolute atomic E-state index is 0.229. The predicted molar refractivity (Wildman–Crippen MR) is 79.5 cm³/mol. The van der Waals surface area contributed by atoms with E-state index in [-0.39, 0.29) is 6.04 Å². The van der Waals surface area contributed by atoms with Gasteiger partial charge in [0, 0.05) is 24.3 Å². The highest BCUT2D eigenvalue weighted by Crippen LogP contribution is 2.32. The molecule has 0 bridgehead atoms. The third-order valence-corrected chi connectivity index (χ3v) is 3.89. The molecule has 1 fully saturated rings. The summed E-state index contributed by atoms with van der Waals surface area (Å²) >= 11 is 0. The van der Waals surface area contributed by atoms with Crippen LogP contribution in [0.1, 0.15) is 38.3 Å². The lowest BCUT2D eigenvalue weighted by Crippen LogP contribution is -2.46. The smallest absolute Gasteiger partial charge is 0.123 e. The van der Waals surface area contributed by atoms with E-state index in [1.54, 1.807) is 14.2 Å². The molecule has 1 saturated carbocycles. The minimum atomic E-state index is 0.229. The summed E-state index contributed by atoms with van der Waals surface area (Å²) in [5.41, 5.74) is 1.13. The van der Waals surface area contributed by atoms with Crippen molar-refractivity contribution in [1.29, 1.82) is 0 Å². The normalized spacial score (nSPS) is 23.0. The molecule has 1 atom stereocenters. The molecule has 112 valence electrons. The summed E-state index contributed by atoms with van der Waals surface area (Å²) in [5, 5.41) is 3.63. The van der Waals surface area contributed by atoms with Crippen LogP contribution in [-0.2, 0) is 4.74 Å². The monoisotopic (exact) mass is 279 g/mol. The third-order valence-electron chi connectivity index (χ3n) is 3.89. The molecule has 0 amide bonds. The van der Waals surface area contributed by atoms with E-state index in [0.717, 1.165) is 36.5 Å². The molecule has 1 N–H and O–H groups in total. The summed E-state index contributed by atoms with van der Waals surface area (Å²) in [7, 11) is 3.38. The van der Waals surface area contributed by atoms with E-state index < -0.39 is 0 Å². The van der Waals surface area contributed by atoms with Crippen molar-refractivity contribution in [2.45, 2.75) is 44.9 Å². The van der Waals surface area contributed by atoms with E-state index in [1.165, 1.54) is 0 Å². The predicted octanol–water partition coefficient (Wildman–Crippen LogP) is 2.92. The van der Waals surface area contributed by atoms with Crippen LogP contribution in [-0.4, -0.2) is 33.0 Å². The zero-order chi connectivity index (χ0) is 14.5. The molecule has 1 unspecified atom stereocenters. The van der Waals surface area contributed by atoms with Crippen molar-refractivity contribution in [2.75, 3.05) is 20.8 Å². The van der Waals surface area contributed by atoms with E-state index in [2.05, 4.69) is 12.2 Å². The number of ether oxygens (including phenoxy) is 3. The lowest BCUT2D eigenvalue weighted by molar-refractivity contribution is -0.0120. The second kappa shape index (κ2) is 6.95. The van der Waals surface area contributed by atoms with Gasteiger partial charge in [0.1, 0.15) is 11.5 Å². The molecule has 0 spiro atoms. The molecule has 0 aromatic heterocycles. The fraction of sp³-hybridized carbons (Fsp3) is 0.625. The first-order chi connectivity index (χ1) is 9.67. The maximum Gasteiger partial charge on any atom is 0.123 e. The molecule has 0 aliphatic heterocycles. The first kappa shape index (κ1) is 15.1. The summed E-state index contributed by atoms with van der Waals surface area (Å²) in [6.07, 6.45) is 2.60. The van der Waals surface area contributed by atoms with Crippen molar-refractivity contribution in [2.24, 2.45) is 0 Å². The third kappa shape index (κ3) is 3.44. The lowest BCUT2D eigenvalue weighted by Gasteiger charge is -2.37. The van der Waals surface area contributed by atoms with E-state index in [9.17, 15) is 0 Å². The van der Waals surface area contributed by atoms with Crippen LogP contribution < -0.4 is 14.8 Å². The van der Waals surface area contributed by atoms with Crippen molar-refractivity contribution in [3.8, 4) is 11.5 Å². The Bertz CT molecular complexity index is 430. The van der Waals surface area contributed by atoms with Crippen molar-refractivity contribution in [1.82, 2.24) is 5.32 Å². The van der Waals surface area contributed by atoms with Crippen LogP contribution in [0.3, 0.4) is 0 Å². The first-order valence-corrected chi connectivity index (χ1v) is 7.27. The largest absolute Gasteiger partial charge is 0.497 e. The molecule has 4 heteroatoms. The SMILES string of the molecule is CCOC1CC(NC(C)c2cc(OC)ccc2OC)C1. The Balaban J connectivity index is 1.96. The van der Waals surface area contributed by atoms with Gasteiger partial charge in [-0.05, 0) is 44.9 Å². The Hall–Kier alpha value is -1.26. The second-order valence-corrected chi connectivity index (χ2v) is 5.24. The maximum absolute atomic E-state index is 5.59. The average Bonchev–Trinajstić information content (AvgIpc) is 2.44. The van der Waals surface area contributed by atoms with E-state index in [1.807, 2.05) is 25.1 Å². The molecule has 2 rings (SSSR count). The van der Waals surface area contributed by atoms with Crippen LogP contribution >= 0.6 is 0 Å². The molecule has 0 saturated heterocycles. The Morgan fingerprint density at radius 2 is 2.00 bits per heavy atom. The lowest BCUT2D eigenvalue weighted by atomic mass is 9.88. The van der Waals surface area contributed by atoms with Crippen molar-refractivity contribution < 1.29 is 14.2 Å². The van der Waals surface area contributed by atoms with Crippen molar-refractivity contribution in [3.05, 3.63) is 23.8 Å². The van der Waals surface area contributed by atoms with Crippen LogP contribution in [0.25, 0.3) is 0 Å². The van der Waals surface area contributed by atoms with Crippen LogP contribution in [0.4, 0.5) is 0 Å². The number of rotatable bonds is 7. The Labute approximate surface area is 121 Å².